The number of hydrogen-bond donors (Lipinski definition) is 0. The molecule has 0 aliphatic carbocycles. The summed E-state index contributed by atoms with van der Waals surface area (Å²) in [7, 11) is 0. The molecule has 3 rings (SSSR count). The largest absolute Gasteiger partial charge is 0.339 e. The van der Waals surface area contributed by atoms with E-state index in [-0.39, 0.29) is 17.7 Å². The Bertz CT molecular complexity index is 834. The third-order valence-corrected chi connectivity index (χ3v) is 5.37. The minimum Gasteiger partial charge on any atom is -0.339 e. The summed E-state index contributed by atoms with van der Waals surface area (Å²) in [6, 6.07) is 10.2. The zero-order valence-corrected chi connectivity index (χ0v) is 17.3. The third-order valence-electron chi connectivity index (χ3n) is 5.37. The van der Waals surface area contributed by atoms with E-state index in [2.05, 4.69) is 32.9 Å². The number of hydrogen-bond acceptors (Lipinski definition) is 3. The zero-order valence-electron chi connectivity index (χ0n) is 17.3. The van der Waals surface area contributed by atoms with Crippen LogP contribution in [0.25, 0.3) is 0 Å². The van der Waals surface area contributed by atoms with Crippen molar-refractivity contribution in [2.45, 2.75) is 46.6 Å². The molecular weight excluding hydrogens is 352 g/mol. The lowest BCUT2D eigenvalue weighted by atomic mass is 10.0. The van der Waals surface area contributed by atoms with Crippen molar-refractivity contribution in [2.24, 2.45) is 0 Å². The molecule has 6 heteroatoms. The van der Waals surface area contributed by atoms with E-state index in [4.69, 9.17) is 5.10 Å². The maximum atomic E-state index is 13.4. The minimum atomic E-state index is 0.0445. The van der Waals surface area contributed by atoms with Gasteiger partial charge in [0.2, 0.25) is 5.91 Å². The van der Waals surface area contributed by atoms with Crippen molar-refractivity contribution in [1.29, 1.82) is 0 Å². The molecule has 0 unspecified atom stereocenters. The molecule has 0 spiro atoms. The van der Waals surface area contributed by atoms with Crippen molar-refractivity contribution in [1.82, 2.24) is 19.6 Å². The van der Waals surface area contributed by atoms with E-state index in [1.54, 1.807) is 11.8 Å². The molecule has 0 radical (unpaired) electrons. The Kier molecular flexibility index (Phi) is 6.17. The van der Waals surface area contributed by atoms with Crippen molar-refractivity contribution in [3.05, 3.63) is 52.8 Å². The molecule has 1 fully saturated rings. The minimum absolute atomic E-state index is 0.0445. The fourth-order valence-corrected chi connectivity index (χ4v) is 3.78. The van der Waals surface area contributed by atoms with Crippen molar-refractivity contribution in [3.63, 3.8) is 0 Å². The lowest BCUT2D eigenvalue weighted by molar-refractivity contribution is -0.130. The molecular formula is C22H30N4O2. The van der Waals surface area contributed by atoms with E-state index in [1.807, 2.05) is 27.8 Å². The van der Waals surface area contributed by atoms with Crippen LogP contribution in [0, 0.1) is 0 Å². The van der Waals surface area contributed by atoms with Crippen LogP contribution >= 0.6 is 0 Å². The number of amides is 2. The van der Waals surface area contributed by atoms with Gasteiger partial charge in [-0.25, -0.2) is 0 Å². The highest BCUT2D eigenvalue weighted by atomic mass is 16.2. The topological polar surface area (TPSA) is 58.4 Å². The van der Waals surface area contributed by atoms with E-state index in [0.717, 1.165) is 23.4 Å². The summed E-state index contributed by atoms with van der Waals surface area (Å²) < 4.78 is 1.99. The average Bonchev–Trinajstić information content (AvgIpc) is 3.06. The summed E-state index contributed by atoms with van der Waals surface area (Å²) in [6.45, 7) is 10.8. The summed E-state index contributed by atoms with van der Waals surface area (Å²) in [5.41, 5.74) is 3.78. The summed E-state index contributed by atoms with van der Waals surface area (Å²) in [4.78, 5) is 28.7. The molecule has 0 atom stereocenters. The molecule has 0 bridgehead atoms. The molecule has 2 heterocycles. The van der Waals surface area contributed by atoms with Gasteiger partial charge in [-0.2, -0.15) is 5.10 Å². The van der Waals surface area contributed by atoms with Gasteiger partial charge in [0.1, 0.15) is 0 Å². The van der Waals surface area contributed by atoms with Crippen molar-refractivity contribution in [2.75, 3.05) is 26.2 Å². The average molecular weight is 383 g/mol. The molecule has 1 aliphatic heterocycles. The zero-order chi connectivity index (χ0) is 20.3. The van der Waals surface area contributed by atoms with Gasteiger partial charge >= 0.3 is 0 Å². The van der Waals surface area contributed by atoms with Gasteiger partial charge in [-0.3, -0.25) is 14.3 Å². The summed E-state index contributed by atoms with van der Waals surface area (Å²) in [5, 5.41) is 4.84. The van der Waals surface area contributed by atoms with Gasteiger partial charge in [0.05, 0.1) is 23.5 Å². The van der Waals surface area contributed by atoms with Crippen molar-refractivity contribution >= 4 is 11.8 Å². The van der Waals surface area contributed by atoms with Crippen LogP contribution in [-0.4, -0.2) is 57.6 Å². The number of carbonyl (C=O) groups excluding carboxylic acids is 2. The molecule has 6 nitrogen and oxygen atoms in total. The van der Waals surface area contributed by atoms with Gasteiger partial charge < -0.3 is 9.80 Å². The molecule has 28 heavy (non-hydrogen) atoms. The molecule has 150 valence electrons. The second kappa shape index (κ2) is 8.59. The van der Waals surface area contributed by atoms with Crippen molar-refractivity contribution < 1.29 is 9.59 Å². The smallest absolute Gasteiger partial charge is 0.257 e. The Balaban J connectivity index is 1.90. The normalized spacial score (nSPS) is 14.6. The van der Waals surface area contributed by atoms with Gasteiger partial charge in [-0.05, 0) is 17.9 Å². The Labute approximate surface area is 167 Å². The number of aromatic nitrogens is 2. The lowest BCUT2D eigenvalue weighted by Gasteiger charge is -2.34. The fourth-order valence-electron chi connectivity index (χ4n) is 3.78. The first-order valence-electron chi connectivity index (χ1n) is 10.1. The van der Waals surface area contributed by atoms with Gasteiger partial charge in [-0.1, -0.05) is 51.1 Å². The molecule has 1 saturated heterocycles. The SMILES string of the molecule is CCc1c(C(=O)N2CCN(C(C)=O)CC2)c(C(C)C)nn1Cc1ccccc1. The van der Waals surface area contributed by atoms with E-state index >= 15 is 0 Å². The van der Waals surface area contributed by atoms with E-state index < -0.39 is 0 Å². The molecule has 1 aromatic heterocycles. The maximum Gasteiger partial charge on any atom is 0.257 e. The van der Waals surface area contributed by atoms with Crippen LogP contribution in [0.5, 0.6) is 0 Å². The van der Waals surface area contributed by atoms with Crippen LogP contribution in [0.2, 0.25) is 0 Å². The quantitative estimate of drug-likeness (QED) is 0.799. The van der Waals surface area contributed by atoms with E-state index in [1.165, 1.54) is 5.56 Å². The molecule has 2 aromatic rings. The maximum absolute atomic E-state index is 13.4. The fraction of sp³-hybridized carbons (Fsp3) is 0.500. The standard InChI is InChI=1S/C22H30N4O2/c1-5-19-20(22(28)25-13-11-24(12-14-25)17(4)27)21(16(2)3)23-26(19)15-18-9-7-6-8-10-18/h6-10,16H,5,11-15H2,1-4H3. The monoisotopic (exact) mass is 382 g/mol. The Hall–Kier alpha value is -2.63. The number of piperazine rings is 1. The Morgan fingerprint density at radius 2 is 1.64 bits per heavy atom. The van der Waals surface area contributed by atoms with Gasteiger partial charge in [0.25, 0.3) is 5.91 Å². The van der Waals surface area contributed by atoms with Crippen LogP contribution in [-0.2, 0) is 17.8 Å². The number of carbonyl (C=O) groups is 2. The van der Waals surface area contributed by atoms with Crippen LogP contribution in [0.3, 0.4) is 0 Å². The van der Waals surface area contributed by atoms with E-state index in [0.29, 0.717) is 32.7 Å². The number of benzene rings is 1. The molecule has 0 saturated carbocycles. The summed E-state index contributed by atoms with van der Waals surface area (Å²) >= 11 is 0. The Morgan fingerprint density at radius 3 is 2.18 bits per heavy atom. The van der Waals surface area contributed by atoms with Crippen LogP contribution in [0.1, 0.15) is 60.9 Å². The highest BCUT2D eigenvalue weighted by molar-refractivity contribution is 5.97. The molecule has 2 amide bonds. The van der Waals surface area contributed by atoms with Crippen LogP contribution in [0.15, 0.2) is 30.3 Å². The first-order chi connectivity index (χ1) is 13.4. The van der Waals surface area contributed by atoms with Crippen molar-refractivity contribution in [3.8, 4) is 0 Å². The second-order valence-corrected chi connectivity index (χ2v) is 7.66. The van der Waals surface area contributed by atoms with E-state index in [9.17, 15) is 9.59 Å². The van der Waals surface area contributed by atoms with Gasteiger partial charge in [0.15, 0.2) is 0 Å². The second-order valence-electron chi connectivity index (χ2n) is 7.66. The summed E-state index contributed by atoms with van der Waals surface area (Å²) in [5.74, 6) is 0.280. The van der Waals surface area contributed by atoms with Crippen LogP contribution in [0.4, 0.5) is 0 Å². The van der Waals surface area contributed by atoms with Gasteiger partial charge in [0, 0.05) is 33.1 Å². The predicted molar refractivity (Wildman–Crippen MR) is 109 cm³/mol. The molecule has 1 aliphatic rings. The highest BCUT2D eigenvalue weighted by Crippen LogP contribution is 2.25. The predicted octanol–water partition coefficient (Wildman–Crippen LogP) is 2.92. The highest BCUT2D eigenvalue weighted by Gasteiger charge is 2.30. The summed E-state index contributed by atoms with van der Waals surface area (Å²) in [6.07, 6.45) is 0.751. The molecule has 0 N–H and O–H groups in total. The first kappa shape index (κ1) is 20.1. The third kappa shape index (κ3) is 4.11. The van der Waals surface area contributed by atoms with Crippen LogP contribution < -0.4 is 0 Å². The lowest BCUT2D eigenvalue weighted by Crippen LogP contribution is -2.50. The first-order valence-corrected chi connectivity index (χ1v) is 10.1. The van der Waals surface area contributed by atoms with Gasteiger partial charge in [-0.15, -0.1) is 0 Å². The molecule has 1 aromatic carbocycles. The number of nitrogens with zero attached hydrogens (tertiary/aromatic N) is 4. The number of rotatable bonds is 5. The Morgan fingerprint density at radius 1 is 1.04 bits per heavy atom.